The van der Waals surface area contributed by atoms with Crippen molar-refractivity contribution in [2.75, 3.05) is 25.5 Å². The molecule has 0 bridgehead atoms. The Balaban J connectivity index is 2.21. The summed E-state index contributed by atoms with van der Waals surface area (Å²) < 4.78 is 23.0. The SMILES string of the molecule is Cc1c(NC2CCCN(C)C2)cccc1S(N)(=O)=O. The number of sulfonamides is 1. The van der Waals surface area contributed by atoms with Crippen molar-refractivity contribution in [1.29, 1.82) is 0 Å². The minimum atomic E-state index is -3.66. The summed E-state index contributed by atoms with van der Waals surface area (Å²) in [7, 11) is -1.56. The molecule has 0 aliphatic carbocycles. The molecule has 0 amide bonds. The van der Waals surface area contributed by atoms with Gasteiger partial charge in [0, 0.05) is 18.3 Å². The summed E-state index contributed by atoms with van der Waals surface area (Å²) in [4.78, 5) is 2.47. The standard InChI is InChI=1S/C13H21N3O2S/c1-10-12(6-3-7-13(10)19(14,17)18)15-11-5-4-8-16(2)9-11/h3,6-7,11,15H,4-5,8-9H2,1-2H3,(H2,14,17,18). The van der Waals surface area contributed by atoms with Crippen LogP contribution in [-0.2, 0) is 10.0 Å². The maximum atomic E-state index is 11.5. The molecule has 6 heteroatoms. The molecule has 106 valence electrons. The van der Waals surface area contributed by atoms with Gasteiger partial charge in [-0.3, -0.25) is 0 Å². The van der Waals surface area contributed by atoms with Gasteiger partial charge in [-0.2, -0.15) is 0 Å². The van der Waals surface area contributed by atoms with Crippen molar-refractivity contribution < 1.29 is 8.42 Å². The molecule has 1 heterocycles. The van der Waals surface area contributed by atoms with Gasteiger partial charge in [0.25, 0.3) is 0 Å². The molecule has 1 aromatic rings. The summed E-state index contributed by atoms with van der Waals surface area (Å²) in [5.74, 6) is 0. The summed E-state index contributed by atoms with van der Waals surface area (Å²) in [5.41, 5.74) is 1.55. The van der Waals surface area contributed by atoms with Crippen LogP contribution in [0.25, 0.3) is 0 Å². The van der Waals surface area contributed by atoms with Crippen LogP contribution in [0.3, 0.4) is 0 Å². The summed E-state index contributed by atoms with van der Waals surface area (Å²) >= 11 is 0. The monoisotopic (exact) mass is 283 g/mol. The van der Waals surface area contributed by atoms with Crippen LogP contribution in [0, 0.1) is 6.92 Å². The summed E-state index contributed by atoms with van der Waals surface area (Å²) in [6.07, 6.45) is 2.26. The average Bonchev–Trinajstić information content (AvgIpc) is 2.30. The number of hydrogen-bond acceptors (Lipinski definition) is 4. The number of anilines is 1. The number of nitrogens with one attached hydrogen (secondary N) is 1. The lowest BCUT2D eigenvalue weighted by Gasteiger charge is -2.31. The molecule has 3 N–H and O–H groups in total. The molecular weight excluding hydrogens is 262 g/mol. The van der Waals surface area contributed by atoms with Crippen molar-refractivity contribution in [3.63, 3.8) is 0 Å². The number of likely N-dealkylation sites (tertiary alicyclic amines) is 1. The number of rotatable bonds is 3. The molecule has 0 radical (unpaired) electrons. The van der Waals surface area contributed by atoms with Gasteiger partial charge in [0.05, 0.1) is 4.90 Å². The first-order valence-electron chi connectivity index (χ1n) is 6.45. The second-order valence-corrected chi connectivity index (χ2v) is 6.75. The van der Waals surface area contributed by atoms with E-state index in [0.717, 1.165) is 31.6 Å². The fourth-order valence-corrected chi connectivity index (χ4v) is 3.39. The van der Waals surface area contributed by atoms with Crippen LogP contribution >= 0.6 is 0 Å². The molecule has 2 rings (SSSR count). The third-order valence-corrected chi connectivity index (χ3v) is 4.63. The van der Waals surface area contributed by atoms with Gasteiger partial charge in [0.1, 0.15) is 0 Å². The smallest absolute Gasteiger partial charge is 0.238 e. The van der Waals surface area contributed by atoms with Crippen molar-refractivity contribution in [3.05, 3.63) is 23.8 Å². The Morgan fingerprint density at radius 2 is 2.16 bits per heavy atom. The molecule has 1 unspecified atom stereocenters. The Labute approximate surface area is 114 Å². The van der Waals surface area contributed by atoms with Gasteiger partial charge in [-0.15, -0.1) is 0 Å². The Morgan fingerprint density at radius 1 is 1.42 bits per heavy atom. The lowest BCUT2D eigenvalue weighted by atomic mass is 10.1. The summed E-state index contributed by atoms with van der Waals surface area (Å²) in [5, 5.41) is 8.65. The van der Waals surface area contributed by atoms with Gasteiger partial charge in [-0.25, -0.2) is 13.6 Å². The summed E-state index contributed by atoms with van der Waals surface area (Å²) in [6.45, 7) is 3.88. The molecule has 1 aliphatic heterocycles. The summed E-state index contributed by atoms with van der Waals surface area (Å²) in [6, 6.07) is 5.52. The van der Waals surface area contributed by atoms with E-state index in [1.807, 2.05) is 6.07 Å². The Kier molecular flexibility index (Phi) is 4.13. The van der Waals surface area contributed by atoms with Crippen molar-refractivity contribution in [3.8, 4) is 0 Å². The van der Waals surface area contributed by atoms with Gasteiger partial charge in [0.2, 0.25) is 10.0 Å². The first-order valence-corrected chi connectivity index (χ1v) is 8.00. The van der Waals surface area contributed by atoms with E-state index in [0.29, 0.717) is 11.6 Å². The number of nitrogens with two attached hydrogens (primary N) is 1. The van der Waals surface area contributed by atoms with Gasteiger partial charge in [-0.1, -0.05) is 6.07 Å². The maximum Gasteiger partial charge on any atom is 0.238 e. The first kappa shape index (κ1) is 14.3. The van der Waals surface area contributed by atoms with E-state index < -0.39 is 10.0 Å². The van der Waals surface area contributed by atoms with Gasteiger partial charge in [-0.05, 0) is 51.1 Å². The van der Waals surface area contributed by atoms with Crippen molar-refractivity contribution in [2.45, 2.75) is 30.7 Å². The van der Waals surface area contributed by atoms with Crippen molar-refractivity contribution in [1.82, 2.24) is 4.90 Å². The van der Waals surface area contributed by atoms with Crippen molar-refractivity contribution in [2.24, 2.45) is 5.14 Å². The molecule has 5 nitrogen and oxygen atoms in total. The van der Waals surface area contributed by atoms with E-state index in [1.54, 1.807) is 19.1 Å². The predicted molar refractivity (Wildman–Crippen MR) is 76.7 cm³/mol. The highest BCUT2D eigenvalue weighted by atomic mass is 32.2. The van der Waals surface area contributed by atoms with Crippen LogP contribution < -0.4 is 10.5 Å². The number of benzene rings is 1. The first-order chi connectivity index (χ1) is 8.88. The highest BCUT2D eigenvalue weighted by Crippen LogP contribution is 2.24. The number of piperidine rings is 1. The second-order valence-electron chi connectivity index (χ2n) is 5.22. The lowest BCUT2D eigenvalue weighted by Crippen LogP contribution is -2.39. The second kappa shape index (κ2) is 5.48. The van der Waals surface area contributed by atoms with Gasteiger partial charge < -0.3 is 10.2 Å². The van der Waals surface area contributed by atoms with Crippen LogP contribution in [0.1, 0.15) is 18.4 Å². The largest absolute Gasteiger partial charge is 0.381 e. The molecule has 1 atom stereocenters. The molecule has 1 saturated heterocycles. The molecule has 0 aromatic heterocycles. The van der Waals surface area contributed by atoms with E-state index >= 15 is 0 Å². The fourth-order valence-electron chi connectivity index (χ4n) is 2.58. The molecule has 1 aromatic carbocycles. The topological polar surface area (TPSA) is 75.4 Å². The Hall–Kier alpha value is -1.11. The molecule has 0 spiro atoms. The average molecular weight is 283 g/mol. The molecule has 0 saturated carbocycles. The molecule has 1 aliphatic rings. The minimum Gasteiger partial charge on any atom is -0.381 e. The van der Waals surface area contributed by atoms with Gasteiger partial charge in [0.15, 0.2) is 0 Å². The zero-order valence-electron chi connectivity index (χ0n) is 11.4. The highest BCUT2D eigenvalue weighted by molar-refractivity contribution is 7.89. The van der Waals surface area contributed by atoms with E-state index in [1.165, 1.54) is 0 Å². The number of hydrogen-bond donors (Lipinski definition) is 2. The van der Waals surface area contributed by atoms with Gasteiger partial charge >= 0.3 is 0 Å². The quantitative estimate of drug-likeness (QED) is 0.872. The molecular formula is C13H21N3O2S. The van der Waals surface area contributed by atoms with E-state index in [2.05, 4.69) is 17.3 Å². The highest BCUT2D eigenvalue weighted by Gasteiger charge is 2.19. The third-order valence-electron chi connectivity index (χ3n) is 3.57. The fraction of sp³-hybridized carbons (Fsp3) is 0.538. The van der Waals surface area contributed by atoms with E-state index in [9.17, 15) is 8.42 Å². The number of likely N-dealkylation sites (N-methyl/N-ethyl adjacent to an activating group) is 1. The van der Waals surface area contributed by atoms with Crippen molar-refractivity contribution >= 4 is 15.7 Å². The van der Waals surface area contributed by atoms with E-state index in [-0.39, 0.29) is 4.90 Å². The van der Waals surface area contributed by atoms with Crippen LogP contribution in [0.5, 0.6) is 0 Å². The predicted octanol–water partition coefficient (Wildman–Crippen LogP) is 1.15. The Bertz CT molecular complexity index is 557. The van der Waals surface area contributed by atoms with Crippen LogP contribution in [0.2, 0.25) is 0 Å². The van der Waals surface area contributed by atoms with Crippen LogP contribution in [0.15, 0.2) is 23.1 Å². The zero-order valence-corrected chi connectivity index (χ0v) is 12.2. The van der Waals surface area contributed by atoms with Crippen LogP contribution in [-0.4, -0.2) is 39.5 Å². The zero-order chi connectivity index (χ0) is 14.0. The minimum absolute atomic E-state index is 0.196. The third kappa shape index (κ3) is 3.46. The lowest BCUT2D eigenvalue weighted by molar-refractivity contribution is 0.261. The normalized spacial score (nSPS) is 21.3. The van der Waals surface area contributed by atoms with Crippen LogP contribution in [0.4, 0.5) is 5.69 Å². The molecule has 19 heavy (non-hydrogen) atoms. The van der Waals surface area contributed by atoms with E-state index in [4.69, 9.17) is 5.14 Å². The molecule has 1 fully saturated rings. The number of nitrogens with zero attached hydrogens (tertiary/aromatic N) is 1. The maximum absolute atomic E-state index is 11.5. The number of primary sulfonamides is 1. The Morgan fingerprint density at radius 3 is 2.79 bits per heavy atom.